The number of aryl methyl sites for hydroxylation is 1. The fourth-order valence-corrected chi connectivity index (χ4v) is 4.66. The van der Waals surface area contributed by atoms with Crippen molar-refractivity contribution in [3.05, 3.63) is 16.0 Å². The van der Waals surface area contributed by atoms with Gasteiger partial charge in [0.25, 0.3) is 0 Å². The van der Waals surface area contributed by atoms with Gasteiger partial charge in [0.05, 0.1) is 23.5 Å². The number of thiophene rings is 1. The summed E-state index contributed by atoms with van der Waals surface area (Å²) in [4.78, 5) is 37.7. The van der Waals surface area contributed by atoms with Crippen LogP contribution in [0.4, 0.5) is 5.00 Å². The molecule has 1 aromatic rings. The Morgan fingerprint density at radius 3 is 2.38 bits per heavy atom. The van der Waals surface area contributed by atoms with Crippen molar-refractivity contribution >= 4 is 34.2 Å². The Labute approximate surface area is 157 Å². The van der Waals surface area contributed by atoms with Crippen LogP contribution in [0.5, 0.6) is 0 Å². The summed E-state index contributed by atoms with van der Waals surface area (Å²) in [5.74, 6) is -2.93. The number of rotatable bonds is 6. The first-order chi connectivity index (χ1) is 12.3. The van der Waals surface area contributed by atoms with Crippen molar-refractivity contribution in [3.8, 4) is 0 Å². The molecule has 1 heterocycles. The van der Waals surface area contributed by atoms with Crippen molar-refractivity contribution in [1.29, 1.82) is 0 Å². The molecule has 1 aliphatic rings. The molecule has 1 aromatic heterocycles. The minimum absolute atomic E-state index is 0.259. The van der Waals surface area contributed by atoms with Crippen molar-refractivity contribution in [3.63, 3.8) is 0 Å². The Kier molecular flexibility index (Phi) is 6.81. The van der Waals surface area contributed by atoms with Gasteiger partial charge in [-0.15, -0.1) is 11.3 Å². The van der Waals surface area contributed by atoms with E-state index in [2.05, 4.69) is 5.32 Å². The van der Waals surface area contributed by atoms with Gasteiger partial charge in [0, 0.05) is 4.88 Å². The van der Waals surface area contributed by atoms with Crippen LogP contribution < -0.4 is 5.32 Å². The second-order valence-electron chi connectivity index (χ2n) is 6.97. The van der Waals surface area contributed by atoms with Gasteiger partial charge in [0.1, 0.15) is 5.00 Å². The molecule has 2 N–H and O–H groups in total. The van der Waals surface area contributed by atoms with Crippen LogP contribution in [0.15, 0.2) is 0 Å². The third kappa shape index (κ3) is 4.44. The molecule has 0 aliphatic heterocycles. The normalized spacial score (nSPS) is 20.0. The highest BCUT2D eigenvalue weighted by atomic mass is 32.1. The number of amides is 1. The van der Waals surface area contributed by atoms with E-state index < -0.39 is 23.8 Å². The SMILES string of the molecule is CCc1c(C)sc(NC(=O)[C@H]2CCCC[C@@H]2C(=O)O)c1C(=O)OC(C)C. The minimum Gasteiger partial charge on any atom is -0.481 e. The van der Waals surface area contributed by atoms with E-state index >= 15 is 0 Å². The lowest BCUT2D eigenvalue weighted by Gasteiger charge is -2.27. The lowest BCUT2D eigenvalue weighted by Crippen LogP contribution is -2.36. The quantitative estimate of drug-likeness (QED) is 0.726. The van der Waals surface area contributed by atoms with Gasteiger partial charge in [-0.1, -0.05) is 19.8 Å². The van der Waals surface area contributed by atoms with E-state index in [9.17, 15) is 19.5 Å². The zero-order valence-electron chi connectivity index (χ0n) is 15.8. The number of carboxylic acids is 1. The van der Waals surface area contributed by atoms with Crippen molar-refractivity contribution in [2.24, 2.45) is 11.8 Å². The second kappa shape index (κ2) is 8.66. The predicted octanol–water partition coefficient (Wildman–Crippen LogP) is 4.01. The van der Waals surface area contributed by atoms with E-state index in [1.165, 1.54) is 11.3 Å². The van der Waals surface area contributed by atoms with Gasteiger partial charge in [-0.3, -0.25) is 9.59 Å². The lowest BCUT2D eigenvalue weighted by atomic mass is 9.79. The molecule has 0 spiro atoms. The van der Waals surface area contributed by atoms with E-state index in [4.69, 9.17) is 4.74 Å². The molecule has 1 fully saturated rings. The van der Waals surface area contributed by atoms with Crippen LogP contribution in [0, 0.1) is 18.8 Å². The highest BCUT2D eigenvalue weighted by Gasteiger charge is 2.36. The maximum atomic E-state index is 12.8. The number of ether oxygens (including phenoxy) is 1. The van der Waals surface area contributed by atoms with E-state index in [1.54, 1.807) is 13.8 Å². The van der Waals surface area contributed by atoms with E-state index in [0.29, 0.717) is 29.8 Å². The Morgan fingerprint density at radius 1 is 1.23 bits per heavy atom. The highest BCUT2D eigenvalue weighted by Crippen LogP contribution is 2.36. The predicted molar refractivity (Wildman–Crippen MR) is 101 cm³/mol. The monoisotopic (exact) mass is 381 g/mol. The lowest BCUT2D eigenvalue weighted by molar-refractivity contribution is -0.147. The first-order valence-electron chi connectivity index (χ1n) is 9.13. The number of carbonyl (C=O) groups excluding carboxylic acids is 2. The Balaban J connectivity index is 2.29. The molecule has 0 bridgehead atoms. The first-order valence-corrected chi connectivity index (χ1v) is 9.94. The number of carbonyl (C=O) groups is 3. The number of anilines is 1. The van der Waals surface area contributed by atoms with Crippen LogP contribution in [-0.2, 0) is 20.7 Å². The summed E-state index contributed by atoms with van der Waals surface area (Å²) < 4.78 is 5.34. The van der Waals surface area contributed by atoms with Gasteiger partial charge >= 0.3 is 11.9 Å². The zero-order chi connectivity index (χ0) is 19.4. The van der Waals surface area contributed by atoms with Crippen molar-refractivity contribution < 1.29 is 24.2 Å². The summed E-state index contributed by atoms with van der Waals surface area (Å²) in [7, 11) is 0. The third-order valence-corrected chi connectivity index (χ3v) is 5.83. The summed E-state index contributed by atoms with van der Waals surface area (Å²) in [5, 5.41) is 12.7. The summed E-state index contributed by atoms with van der Waals surface area (Å²) in [6.45, 7) is 7.42. The van der Waals surface area contributed by atoms with Crippen LogP contribution in [-0.4, -0.2) is 29.1 Å². The Morgan fingerprint density at radius 2 is 1.85 bits per heavy atom. The van der Waals surface area contributed by atoms with Gasteiger partial charge in [-0.25, -0.2) is 4.79 Å². The van der Waals surface area contributed by atoms with Crippen LogP contribution in [0.1, 0.15) is 67.3 Å². The molecule has 6 nitrogen and oxygen atoms in total. The molecule has 7 heteroatoms. The maximum absolute atomic E-state index is 12.8. The second-order valence-corrected chi connectivity index (χ2v) is 8.20. The average Bonchev–Trinajstić information content (AvgIpc) is 2.89. The van der Waals surface area contributed by atoms with E-state index in [0.717, 1.165) is 23.3 Å². The zero-order valence-corrected chi connectivity index (χ0v) is 16.6. The molecule has 2 rings (SSSR count). The molecular formula is C19H27NO5S. The fraction of sp³-hybridized carbons (Fsp3) is 0.632. The molecule has 1 aliphatic carbocycles. The summed E-state index contributed by atoms with van der Waals surface area (Å²) in [5.41, 5.74) is 1.27. The number of aliphatic carboxylic acids is 1. The van der Waals surface area contributed by atoms with Gasteiger partial charge in [0.2, 0.25) is 5.91 Å². The topological polar surface area (TPSA) is 92.7 Å². The fourth-order valence-electron chi connectivity index (χ4n) is 3.53. The molecule has 0 saturated heterocycles. The number of carboxylic acid groups (broad SMARTS) is 1. The Bertz CT molecular complexity index is 694. The molecule has 0 unspecified atom stereocenters. The Hall–Kier alpha value is -1.89. The largest absolute Gasteiger partial charge is 0.481 e. The van der Waals surface area contributed by atoms with E-state index in [-0.39, 0.29) is 12.0 Å². The van der Waals surface area contributed by atoms with Crippen molar-refractivity contribution in [1.82, 2.24) is 0 Å². The van der Waals surface area contributed by atoms with Crippen LogP contribution in [0.25, 0.3) is 0 Å². The average molecular weight is 381 g/mol. The van der Waals surface area contributed by atoms with Gasteiger partial charge < -0.3 is 15.2 Å². The highest BCUT2D eigenvalue weighted by molar-refractivity contribution is 7.16. The standard InChI is InChI=1S/C19H27NO5S/c1-5-12-11(4)26-17(15(12)19(24)25-10(2)3)20-16(21)13-8-6-7-9-14(13)18(22)23/h10,13-14H,5-9H2,1-4H3,(H,20,21)(H,22,23)/t13-,14-/m0/s1. The van der Waals surface area contributed by atoms with Gasteiger partial charge in [0.15, 0.2) is 0 Å². The molecule has 0 aromatic carbocycles. The minimum atomic E-state index is -0.930. The van der Waals surface area contributed by atoms with Crippen LogP contribution in [0.2, 0.25) is 0 Å². The van der Waals surface area contributed by atoms with Gasteiger partial charge in [-0.05, 0) is 45.6 Å². The molecule has 2 atom stereocenters. The number of nitrogens with one attached hydrogen (secondary N) is 1. The summed E-state index contributed by atoms with van der Waals surface area (Å²) >= 11 is 1.34. The van der Waals surface area contributed by atoms with E-state index in [1.807, 2.05) is 13.8 Å². The first kappa shape index (κ1) is 20.4. The third-order valence-electron chi connectivity index (χ3n) is 4.77. The number of esters is 1. The van der Waals surface area contributed by atoms with Crippen molar-refractivity contribution in [2.45, 2.75) is 65.9 Å². The van der Waals surface area contributed by atoms with Crippen molar-refractivity contribution in [2.75, 3.05) is 5.32 Å². The van der Waals surface area contributed by atoms with Crippen LogP contribution in [0.3, 0.4) is 0 Å². The molecule has 0 radical (unpaired) electrons. The number of hydrogen-bond donors (Lipinski definition) is 2. The molecule has 1 saturated carbocycles. The summed E-state index contributed by atoms with van der Waals surface area (Å²) in [6, 6.07) is 0. The summed E-state index contributed by atoms with van der Waals surface area (Å²) in [6.07, 6.45) is 3.13. The molecule has 144 valence electrons. The van der Waals surface area contributed by atoms with Gasteiger partial charge in [-0.2, -0.15) is 0 Å². The molecule has 1 amide bonds. The molecule has 26 heavy (non-hydrogen) atoms. The van der Waals surface area contributed by atoms with Crippen LogP contribution >= 0.6 is 11.3 Å². The molecular weight excluding hydrogens is 354 g/mol. The number of hydrogen-bond acceptors (Lipinski definition) is 5. The maximum Gasteiger partial charge on any atom is 0.341 e. The smallest absolute Gasteiger partial charge is 0.341 e.